The highest BCUT2D eigenvalue weighted by atomic mass is 16.4. The van der Waals surface area contributed by atoms with Gasteiger partial charge in [0.2, 0.25) is 0 Å². The van der Waals surface area contributed by atoms with Gasteiger partial charge in [-0.2, -0.15) is 0 Å². The summed E-state index contributed by atoms with van der Waals surface area (Å²) in [5.74, 6) is 2.50. The molecule has 3 fully saturated rings. The number of fused-ring (bicyclic) bond motifs is 5. The van der Waals surface area contributed by atoms with Crippen LogP contribution in [0.1, 0.15) is 71.6 Å². The van der Waals surface area contributed by atoms with E-state index < -0.39 is 5.97 Å². The van der Waals surface area contributed by atoms with E-state index in [2.05, 4.69) is 19.9 Å². The van der Waals surface area contributed by atoms with E-state index in [-0.39, 0.29) is 11.8 Å². The monoisotopic (exact) mass is 330 g/mol. The molecule has 0 aromatic rings. The molecule has 1 N–H and O–H groups in total. The molecule has 0 bridgehead atoms. The van der Waals surface area contributed by atoms with Gasteiger partial charge in [-0.3, -0.25) is 9.59 Å². The van der Waals surface area contributed by atoms with Crippen molar-refractivity contribution >= 4 is 11.8 Å². The summed E-state index contributed by atoms with van der Waals surface area (Å²) in [5.41, 5.74) is 1.42. The minimum Gasteiger partial charge on any atom is -0.481 e. The van der Waals surface area contributed by atoms with Crippen molar-refractivity contribution in [1.82, 2.24) is 0 Å². The molecule has 4 rings (SSSR count). The molecule has 0 unspecified atom stereocenters. The molecule has 4 aliphatic carbocycles. The van der Waals surface area contributed by atoms with Crippen LogP contribution in [-0.2, 0) is 9.59 Å². The fourth-order valence-corrected chi connectivity index (χ4v) is 7.06. The molecule has 0 radical (unpaired) electrons. The van der Waals surface area contributed by atoms with Crippen molar-refractivity contribution in [3.8, 4) is 0 Å². The SMILES string of the molecule is C[C@]12CC=C(CC(=O)O)C[C@@H]1CC[C@H]1[C@H]2CC[C@]2(C)C(=O)CC[C@@H]12. The van der Waals surface area contributed by atoms with Gasteiger partial charge in [-0.05, 0) is 74.0 Å². The summed E-state index contributed by atoms with van der Waals surface area (Å²) in [4.78, 5) is 23.5. The van der Waals surface area contributed by atoms with E-state index in [9.17, 15) is 9.59 Å². The summed E-state index contributed by atoms with van der Waals surface area (Å²) in [5, 5.41) is 9.10. The molecule has 132 valence electrons. The third-order valence-electron chi connectivity index (χ3n) is 8.49. The number of carboxylic acids is 1. The van der Waals surface area contributed by atoms with Crippen LogP contribution in [0.5, 0.6) is 0 Å². The van der Waals surface area contributed by atoms with Crippen LogP contribution < -0.4 is 0 Å². The first-order chi connectivity index (χ1) is 11.3. The number of hydrogen-bond acceptors (Lipinski definition) is 2. The van der Waals surface area contributed by atoms with Crippen LogP contribution in [0.4, 0.5) is 0 Å². The van der Waals surface area contributed by atoms with Crippen molar-refractivity contribution in [3.05, 3.63) is 11.6 Å². The highest BCUT2D eigenvalue weighted by molar-refractivity contribution is 5.87. The maximum atomic E-state index is 12.4. The van der Waals surface area contributed by atoms with Gasteiger partial charge in [-0.25, -0.2) is 0 Å². The first-order valence-electron chi connectivity index (χ1n) is 9.77. The Bertz CT molecular complexity index is 606. The zero-order valence-electron chi connectivity index (χ0n) is 15.0. The smallest absolute Gasteiger partial charge is 0.307 e. The highest BCUT2D eigenvalue weighted by Gasteiger charge is 2.59. The Morgan fingerprint density at radius 2 is 2.00 bits per heavy atom. The first-order valence-corrected chi connectivity index (χ1v) is 9.77. The number of carboxylic acid groups (broad SMARTS) is 1. The molecular weight excluding hydrogens is 300 g/mol. The lowest BCUT2D eigenvalue weighted by atomic mass is 9.45. The Labute approximate surface area is 144 Å². The van der Waals surface area contributed by atoms with Crippen molar-refractivity contribution in [2.45, 2.75) is 71.6 Å². The normalized spacial score (nSPS) is 47.4. The quantitative estimate of drug-likeness (QED) is 0.752. The molecule has 0 spiro atoms. The van der Waals surface area contributed by atoms with Gasteiger partial charge in [0.15, 0.2) is 0 Å². The average molecular weight is 330 g/mol. The maximum Gasteiger partial charge on any atom is 0.307 e. The molecule has 0 amide bonds. The van der Waals surface area contributed by atoms with Crippen molar-refractivity contribution < 1.29 is 14.7 Å². The first kappa shape index (κ1) is 16.4. The van der Waals surface area contributed by atoms with E-state index >= 15 is 0 Å². The van der Waals surface area contributed by atoms with Gasteiger partial charge in [0, 0.05) is 11.8 Å². The van der Waals surface area contributed by atoms with E-state index in [1.54, 1.807) is 0 Å². The van der Waals surface area contributed by atoms with Gasteiger partial charge in [0.1, 0.15) is 5.78 Å². The van der Waals surface area contributed by atoms with Crippen LogP contribution in [0.2, 0.25) is 0 Å². The van der Waals surface area contributed by atoms with Crippen LogP contribution in [0, 0.1) is 34.5 Å². The second-order valence-electron chi connectivity index (χ2n) is 9.42. The molecule has 4 aliphatic rings. The number of carbonyl (C=O) groups is 2. The van der Waals surface area contributed by atoms with E-state index in [4.69, 9.17) is 5.11 Å². The number of Topliss-reactive ketones (excluding diaryl/α,β-unsaturated/α-hetero) is 1. The fraction of sp³-hybridized carbons (Fsp3) is 0.810. The molecule has 6 atom stereocenters. The number of aliphatic carboxylic acids is 1. The number of carbonyl (C=O) groups excluding carboxylic acids is 1. The summed E-state index contributed by atoms with van der Waals surface area (Å²) >= 11 is 0. The van der Waals surface area contributed by atoms with Gasteiger partial charge in [-0.1, -0.05) is 25.5 Å². The topological polar surface area (TPSA) is 54.4 Å². The van der Waals surface area contributed by atoms with Crippen LogP contribution in [0.3, 0.4) is 0 Å². The minimum atomic E-state index is -0.698. The molecule has 3 saturated carbocycles. The van der Waals surface area contributed by atoms with Crippen molar-refractivity contribution in [1.29, 1.82) is 0 Å². The molecular formula is C21H30O3. The molecule has 24 heavy (non-hydrogen) atoms. The lowest BCUT2D eigenvalue weighted by molar-refractivity contribution is -0.137. The molecule has 3 nitrogen and oxygen atoms in total. The third kappa shape index (κ3) is 2.23. The van der Waals surface area contributed by atoms with E-state index in [1.807, 2.05) is 0 Å². The zero-order valence-corrected chi connectivity index (χ0v) is 15.0. The standard InChI is InChI=1S/C21H30O3/c1-20-9-7-13(12-19(23)24)11-14(20)3-4-15-16-5-6-18(22)21(16,2)10-8-17(15)20/h7,14-17H,3-6,8-12H2,1-2H3,(H,23,24)/t14-,15+,16-,17+,20-,21-/m0/s1. The van der Waals surface area contributed by atoms with Crippen LogP contribution in [0.15, 0.2) is 11.6 Å². The molecule has 0 aromatic carbocycles. The number of rotatable bonds is 2. The molecule has 0 heterocycles. The third-order valence-corrected chi connectivity index (χ3v) is 8.49. The lowest BCUT2D eigenvalue weighted by Crippen LogP contribution is -2.52. The van der Waals surface area contributed by atoms with Gasteiger partial charge < -0.3 is 5.11 Å². The summed E-state index contributed by atoms with van der Waals surface area (Å²) in [6.07, 6.45) is 11.1. The average Bonchev–Trinajstić information content (AvgIpc) is 2.83. The highest BCUT2D eigenvalue weighted by Crippen LogP contribution is 2.65. The fourth-order valence-electron chi connectivity index (χ4n) is 7.06. The van der Waals surface area contributed by atoms with Gasteiger partial charge in [0.25, 0.3) is 0 Å². The van der Waals surface area contributed by atoms with Crippen LogP contribution in [0.25, 0.3) is 0 Å². The minimum absolute atomic E-state index is 0.0384. The molecule has 0 aliphatic heterocycles. The predicted molar refractivity (Wildman–Crippen MR) is 92.5 cm³/mol. The zero-order chi connectivity index (χ0) is 17.1. The van der Waals surface area contributed by atoms with E-state index in [1.165, 1.54) is 19.3 Å². The molecule has 0 saturated heterocycles. The van der Waals surface area contributed by atoms with Gasteiger partial charge in [-0.15, -0.1) is 0 Å². The van der Waals surface area contributed by atoms with Crippen LogP contribution in [-0.4, -0.2) is 16.9 Å². The summed E-state index contributed by atoms with van der Waals surface area (Å²) in [7, 11) is 0. The Morgan fingerprint density at radius 1 is 1.21 bits per heavy atom. The molecule has 3 heteroatoms. The lowest BCUT2D eigenvalue weighted by Gasteiger charge is -2.59. The summed E-state index contributed by atoms with van der Waals surface area (Å²) in [6.45, 7) is 4.70. The van der Waals surface area contributed by atoms with Gasteiger partial charge >= 0.3 is 5.97 Å². The van der Waals surface area contributed by atoms with Crippen molar-refractivity contribution in [2.75, 3.05) is 0 Å². The predicted octanol–water partition coefficient (Wildman–Crippen LogP) is 4.61. The second kappa shape index (κ2) is 5.44. The second-order valence-corrected chi connectivity index (χ2v) is 9.42. The Kier molecular flexibility index (Phi) is 3.71. The van der Waals surface area contributed by atoms with E-state index in [0.29, 0.717) is 29.0 Å². The Hall–Kier alpha value is -1.12. The summed E-state index contributed by atoms with van der Waals surface area (Å²) in [6, 6.07) is 0. The maximum absolute atomic E-state index is 12.4. The van der Waals surface area contributed by atoms with E-state index in [0.717, 1.165) is 43.6 Å². The number of ketones is 1. The van der Waals surface area contributed by atoms with Crippen molar-refractivity contribution in [3.63, 3.8) is 0 Å². The number of allylic oxidation sites excluding steroid dienone is 1. The van der Waals surface area contributed by atoms with Crippen molar-refractivity contribution in [2.24, 2.45) is 34.5 Å². The Morgan fingerprint density at radius 3 is 2.75 bits per heavy atom. The number of hydrogen-bond donors (Lipinski definition) is 1. The van der Waals surface area contributed by atoms with Gasteiger partial charge in [0.05, 0.1) is 6.42 Å². The largest absolute Gasteiger partial charge is 0.481 e. The Balaban J connectivity index is 1.59. The van der Waals surface area contributed by atoms with Crippen LogP contribution >= 0.6 is 0 Å². The molecule has 0 aromatic heterocycles. The summed E-state index contributed by atoms with van der Waals surface area (Å²) < 4.78 is 0.